The lowest BCUT2D eigenvalue weighted by molar-refractivity contribution is 1.01. The van der Waals surface area contributed by atoms with Crippen LogP contribution < -0.4 is 16.2 Å². The lowest BCUT2D eigenvalue weighted by Gasteiger charge is -2.08. The molecule has 0 atom stereocenters. The van der Waals surface area contributed by atoms with E-state index in [2.05, 4.69) is 15.6 Å². The number of thiophene rings is 1. The largest absolute Gasteiger partial charge is 0.388 e. The van der Waals surface area contributed by atoms with Gasteiger partial charge in [0.25, 0.3) is 5.56 Å². The number of anilines is 2. The van der Waals surface area contributed by atoms with Crippen molar-refractivity contribution >= 4 is 43.0 Å². The number of hydrogen-bond donors (Lipinski definition) is 2. The van der Waals surface area contributed by atoms with Gasteiger partial charge in [-0.15, -0.1) is 11.3 Å². The van der Waals surface area contributed by atoms with E-state index in [0.29, 0.717) is 6.04 Å². The molecule has 0 aliphatic heterocycles. The Morgan fingerprint density at radius 2 is 1.96 bits per heavy atom. The highest BCUT2D eigenvalue weighted by Gasteiger charge is 2.23. The van der Waals surface area contributed by atoms with Crippen molar-refractivity contribution in [1.29, 1.82) is 0 Å². The molecule has 1 aromatic carbocycles. The molecule has 0 saturated heterocycles. The van der Waals surface area contributed by atoms with Crippen molar-refractivity contribution in [2.24, 2.45) is 0 Å². The lowest BCUT2D eigenvalue weighted by Crippen LogP contribution is -2.16. The van der Waals surface area contributed by atoms with Gasteiger partial charge in [-0.1, -0.05) is 0 Å². The molecule has 0 spiro atoms. The molecular formula is C20H18N4OS. The first-order valence-corrected chi connectivity index (χ1v) is 9.54. The number of benzene rings is 1. The van der Waals surface area contributed by atoms with E-state index in [1.165, 1.54) is 24.2 Å². The molecule has 5 nitrogen and oxygen atoms in total. The third-order valence-electron chi connectivity index (χ3n) is 4.80. The number of pyridine rings is 2. The Morgan fingerprint density at radius 1 is 1.15 bits per heavy atom. The number of fused-ring (bicyclic) bond motifs is 3. The summed E-state index contributed by atoms with van der Waals surface area (Å²) in [5.74, 6) is 0. The average Bonchev–Trinajstić information content (AvgIpc) is 3.40. The van der Waals surface area contributed by atoms with E-state index in [1.807, 2.05) is 55.8 Å². The third-order valence-corrected chi connectivity index (χ3v) is 5.90. The topological polar surface area (TPSA) is 59.0 Å². The van der Waals surface area contributed by atoms with E-state index in [0.717, 1.165) is 37.4 Å². The van der Waals surface area contributed by atoms with E-state index >= 15 is 0 Å². The monoisotopic (exact) mass is 362 g/mol. The lowest BCUT2D eigenvalue weighted by atomic mass is 10.2. The SMILES string of the molecule is CNc1ccc(-n2ccc3c(sc4nccc(NC5CC5)c43)c2=O)cc1. The molecule has 1 saturated carbocycles. The molecule has 3 aromatic heterocycles. The summed E-state index contributed by atoms with van der Waals surface area (Å²) in [4.78, 5) is 18.5. The van der Waals surface area contributed by atoms with E-state index in [9.17, 15) is 4.79 Å². The minimum absolute atomic E-state index is 0.0000737. The van der Waals surface area contributed by atoms with Gasteiger partial charge in [-0.05, 0) is 49.2 Å². The van der Waals surface area contributed by atoms with Crippen LogP contribution >= 0.6 is 11.3 Å². The highest BCUT2D eigenvalue weighted by Crippen LogP contribution is 2.37. The fraction of sp³-hybridized carbons (Fsp3) is 0.200. The first-order valence-electron chi connectivity index (χ1n) is 8.72. The maximum absolute atomic E-state index is 13.1. The molecule has 0 unspecified atom stereocenters. The van der Waals surface area contributed by atoms with Crippen molar-refractivity contribution in [2.45, 2.75) is 18.9 Å². The average molecular weight is 362 g/mol. The second-order valence-electron chi connectivity index (χ2n) is 6.59. The molecule has 26 heavy (non-hydrogen) atoms. The van der Waals surface area contributed by atoms with Crippen LogP contribution in [-0.4, -0.2) is 22.6 Å². The van der Waals surface area contributed by atoms with Crippen LogP contribution in [0.2, 0.25) is 0 Å². The normalized spacial score (nSPS) is 14.0. The molecular weight excluding hydrogens is 344 g/mol. The fourth-order valence-corrected chi connectivity index (χ4v) is 4.34. The number of nitrogens with one attached hydrogen (secondary N) is 2. The Morgan fingerprint density at radius 3 is 2.69 bits per heavy atom. The maximum Gasteiger partial charge on any atom is 0.273 e. The molecule has 130 valence electrons. The summed E-state index contributed by atoms with van der Waals surface area (Å²) in [6.07, 6.45) is 6.10. The van der Waals surface area contributed by atoms with Crippen molar-refractivity contribution in [2.75, 3.05) is 17.7 Å². The number of hydrogen-bond acceptors (Lipinski definition) is 5. The Balaban J connectivity index is 1.70. The minimum atomic E-state index is 0.0000737. The zero-order valence-corrected chi connectivity index (χ0v) is 15.1. The highest BCUT2D eigenvalue weighted by molar-refractivity contribution is 7.25. The second-order valence-corrected chi connectivity index (χ2v) is 7.59. The van der Waals surface area contributed by atoms with Crippen molar-refractivity contribution in [1.82, 2.24) is 9.55 Å². The van der Waals surface area contributed by atoms with Crippen molar-refractivity contribution in [3.8, 4) is 5.69 Å². The predicted molar refractivity (Wildman–Crippen MR) is 109 cm³/mol. The van der Waals surface area contributed by atoms with Gasteiger partial charge in [0.15, 0.2) is 0 Å². The Labute approximate surface area is 154 Å². The third kappa shape index (κ3) is 2.45. The van der Waals surface area contributed by atoms with Crippen molar-refractivity contribution in [3.63, 3.8) is 0 Å². The van der Waals surface area contributed by atoms with Gasteiger partial charge in [0.05, 0.1) is 0 Å². The van der Waals surface area contributed by atoms with Crippen LogP contribution in [0.3, 0.4) is 0 Å². The Kier molecular flexibility index (Phi) is 3.46. The Hall–Kier alpha value is -2.86. The number of aromatic nitrogens is 2. The molecule has 6 heteroatoms. The molecule has 4 aromatic rings. The molecule has 1 fully saturated rings. The van der Waals surface area contributed by atoms with Crippen molar-refractivity contribution in [3.05, 3.63) is 59.1 Å². The summed E-state index contributed by atoms with van der Waals surface area (Å²) in [5, 5.41) is 8.71. The summed E-state index contributed by atoms with van der Waals surface area (Å²) in [7, 11) is 1.88. The minimum Gasteiger partial charge on any atom is -0.388 e. The second kappa shape index (κ2) is 5.85. The van der Waals surface area contributed by atoms with Gasteiger partial charge < -0.3 is 10.6 Å². The Bertz CT molecular complexity index is 1170. The summed E-state index contributed by atoms with van der Waals surface area (Å²) in [6, 6.07) is 12.4. The molecule has 5 rings (SSSR count). The standard InChI is InChI=1S/C20H18N4OS/c1-21-12-4-6-14(7-5-12)24-11-9-15-17-16(23-13-2-3-13)8-10-22-19(17)26-18(15)20(24)25/h4-11,13,21H,2-3H2,1H3,(H,22,23). The number of rotatable bonds is 4. The quantitative estimate of drug-likeness (QED) is 0.571. The summed E-state index contributed by atoms with van der Waals surface area (Å²) < 4.78 is 2.45. The predicted octanol–water partition coefficient (Wildman–Crippen LogP) is 4.22. The highest BCUT2D eigenvalue weighted by atomic mass is 32.1. The van der Waals surface area contributed by atoms with Crippen LogP contribution in [0.4, 0.5) is 11.4 Å². The smallest absolute Gasteiger partial charge is 0.273 e. The first kappa shape index (κ1) is 15.4. The van der Waals surface area contributed by atoms with Gasteiger partial charge in [-0.3, -0.25) is 9.36 Å². The number of nitrogens with zero attached hydrogens (tertiary/aromatic N) is 2. The zero-order valence-electron chi connectivity index (χ0n) is 14.3. The zero-order chi connectivity index (χ0) is 17.7. The van der Waals surface area contributed by atoms with Crippen LogP contribution in [0.15, 0.2) is 53.6 Å². The molecule has 0 amide bonds. The maximum atomic E-state index is 13.1. The van der Waals surface area contributed by atoms with Gasteiger partial charge in [-0.25, -0.2) is 4.98 Å². The van der Waals surface area contributed by atoms with E-state index in [-0.39, 0.29) is 5.56 Å². The molecule has 0 bridgehead atoms. The van der Waals surface area contributed by atoms with Crippen molar-refractivity contribution < 1.29 is 0 Å². The molecule has 1 aliphatic rings. The molecule has 1 aliphatic carbocycles. The van der Waals surface area contributed by atoms with Crippen LogP contribution in [0, 0.1) is 0 Å². The van der Waals surface area contributed by atoms with Crippen LogP contribution in [0.25, 0.3) is 26.0 Å². The van der Waals surface area contributed by atoms with Gasteiger partial charge in [0.2, 0.25) is 0 Å². The summed E-state index contributed by atoms with van der Waals surface area (Å²) in [6.45, 7) is 0. The van der Waals surface area contributed by atoms with E-state index in [4.69, 9.17) is 0 Å². The van der Waals surface area contributed by atoms with Gasteiger partial charge in [0, 0.05) is 53.3 Å². The van der Waals surface area contributed by atoms with Crippen LogP contribution in [0.5, 0.6) is 0 Å². The first-order chi connectivity index (χ1) is 12.7. The van der Waals surface area contributed by atoms with Gasteiger partial charge >= 0.3 is 0 Å². The molecule has 3 heterocycles. The van der Waals surface area contributed by atoms with Crippen LogP contribution in [-0.2, 0) is 0 Å². The molecule has 2 N–H and O–H groups in total. The van der Waals surface area contributed by atoms with Crippen LogP contribution in [0.1, 0.15) is 12.8 Å². The van der Waals surface area contributed by atoms with E-state index < -0.39 is 0 Å². The summed E-state index contributed by atoms with van der Waals surface area (Å²) in [5.41, 5.74) is 2.96. The van der Waals surface area contributed by atoms with E-state index in [1.54, 1.807) is 4.57 Å². The summed E-state index contributed by atoms with van der Waals surface area (Å²) >= 11 is 1.47. The van der Waals surface area contributed by atoms with Gasteiger partial charge in [-0.2, -0.15) is 0 Å². The fourth-order valence-electron chi connectivity index (χ4n) is 3.25. The molecule has 0 radical (unpaired) electrons. The van der Waals surface area contributed by atoms with Gasteiger partial charge in [0.1, 0.15) is 9.53 Å².